The van der Waals surface area contributed by atoms with Crippen LogP contribution in [0, 0.1) is 6.92 Å². The molecular weight excluding hydrogens is 279 g/mol. The van der Waals surface area contributed by atoms with Crippen LogP contribution in [0.3, 0.4) is 0 Å². The van der Waals surface area contributed by atoms with Crippen molar-refractivity contribution in [2.45, 2.75) is 25.6 Å². The Morgan fingerprint density at radius 1 is 1.24 bits per heavy atom. The zero-order valence-electron chi connectivity index (χ0n) is 12.5. The van der Waals surface area contributed by atoms with Gasteiger partial charge in [0.2, 0.25) is 0 Å². The van der Waals surface area contributed by atoms with E-state index in [1.54, 1.807) is 25.1 Å². The van der Waals surface area contributed by atoms with Crippen molar-refractivity contribution in [3.63, 3.8) is 0 Å². The van der Waals surface area contributed by atoms with E-state index >= 15 is 0 Å². The second-order valence-corrected chi connectivity index (χ2v) is 5.35. The first-order valence-electron chi connectivity index (χ1n) is 6.55. The number of aryl methyl sites for hydroxylation is 1. The molecule has 1 heterocycles. The molecule has 5 heteroatoms. The summed E-state index contributed by atoms with van der Waals surface area (Å²) in [6, 6.07) is 5.59. The van der Waals surface area contributed by atoms with Gasteiger partial charge < -0.3 is 9.64 Å². The van der Waals surface area contributed by atoms with Crippen LogP contribution < -0.4 is 4.74 Å². The minimum Gasteiger partial charge on any atom is -0.497 e. The lowest BCUT2D eigenvalue weighted by Crippen LogP contribution is -2.39. The first kappa shape index (κ1) is 15.5. The number of hydrogen-bond donors (Lipinski definition) is 0. The van der Waals surface area contributed by atoms with Crippen molar-refractivity contribution in [2.75, 3.05) is 14.2 Å². The topological polar surface area (TPSA) is 12.5 Å². The van der Waals surface area contributed by atoms with Gasteiger partial charge in [-0.1, -0.05) is 12.1 Å². The number of ether oxygens (including phenoxy) is 1. The Morgan fingerprint density at radius 3 is 2.38 bits per heavy atom. The SMILES string of the molecule is COc1ccc(C2(C)C=CC(C(F)(F)F)=CN2C)c(C)c1. The van der Waals surface area contributed by atoms with Gasteiger partial charge in [-0.05, 0) is 43.2 Å². The molecule has 1 aliphatic heterocycles. The second-order valence-electron chi connectivity index (χ2n) is 5.35. The fraction of sp³-hybridized carbons (Fsp3) is 0.375. The Morgan fingerprint density at radius 2 is 1.90 bits per heavy atom. The maximum Gasteiger partial charge on any atom is 0.417 e. The summed E-state index contributed by atoms with van der Waals surface area (Å²) in [4.78, 5) is 1.59. The smallest absolute Gasteiger partial charge is 0.417 e. The lowest BCUT2D eigenvalue weighted by molar-refractivity contribution is -0.0901. The van der Waals surface area contributed by atoms with E-state index in [0.717, 1.165) is 29.2 Å². The number of halogens is 3. The molecule has 1 unspecified atom stereocenters. The molecule has 114 valence electrons. The molecular formula is C16H18F3NO. The predicted octanol–water partition coefficient (Wildman–Crippen LogP) is 4.17. The van der Waals surface area contributed by atoms with Gasteiger partial charge in [0.05, 0.1) is 18.2 Å². The average molecular weight is 297 g/mol. The maximum absolute atomic E-state index is 12.8. The standard InChI is InChI=1S/C16H18F3NO/c1-11-9-13(21-4)5-6-14(11)15(2)8-7-12(10-20(15)3)16(17,18)19/h5-10H,1-4H3. The summed E-state index contributed by atoms with van der Waals surface area (Å²) in [5.74, 6) is 0.730. The van der Waals surface area contributed by atoms with Crippen molar-refractivity contribution in [3.8, 4) is 5.75 Å². The molecule has 1 aliphatic rings. The van der Waals surface area contributed by atoms with Crippen LogP contribution in [0.2, 0.25) is 0 Å². The molecule has 0 saturated carbocycles. The number of likely N-dealkylation sites (N-methyl/N-ethyl adjacent to an activating group) is 1. The molecule has 21 heavy (non-hydrogen) atoms. The molecule has 0 fully saturated rings. The van der Waals surface area contributed by atoms with Crippen molar-refractivity contribution in [2.24, 2.45) is 0 Å². The Balaban J connectivity index is 2.42. The van der Waals surface area contributed by atoms with Crippen LogP contribution in [0.5, 0.6) is 5.75 Å². The lowest BCUT2D eigenvalue weighted by atomic mass is 9.84. The van der Waals surface area contributed by atoms with E-state index in [0.29, 0.717) is 0 Å². The lowest BCUT2D eigenvalue weighted by Gasteiger charge is -2.40. The molecule has 2 rings (SSSR count). The molecule has 0 aromatic heterocycles. The van der Waals surface area contributed by atoms with Crippen molar-refractivity contribution < 1.29 is 17.9 Å². The molecule has 0 radical (unpaired) electrons. The summed E-state index contributed by atoms with van der Waals surface area (Å²) < 4.78 is 43.5. The molecule has 0 bridgehead atoms. The third-order valence-electron chi connectivity index (χ3n) is 3.96. The molecule has 1 aromatic rings. The summed E-state index contributed by atoms with van der Waals surface area (Å²) in [5, 5.41) is 0. The highest BCUT2D eigenvalue weighted by atomic mass is 19.4. The van der Waals surface area contributed by atoms with Crippen LogP contribution in [-0.4, -0.2) is 25.2 Å². The minimum atomic E-state index is -4.33. The van der Waals surface area contributed by atoms with E-state index in [2.05, 4.69) is 0 Å². The first-order chi connectivity index (χ1) is 9.68. The summed E-state index contributed by atoms with van der Waals surface area (Å²) in [5.41, 5.74) is 0.649. The fourth-order valence-electron chi connectivity index (χ4n) is 2.53. The van der Waals surface area contributed by atoms with Gasteiger partial charge in [0.1, 0.15) is 5.75 Å². The molecule has 0 N–H and O–H groups in total. The Bertz CT molecular complexity index is 604. The third kappa shape index (κ3) is 2.77. The zero-order chi connectivity index (χ0) is 15.8. The number of nitrogens with zero attached hydrogens (tertiary/aromatic N) is 1. The molecule has 2 nitrogen and oxygen atoms in total. The number of allylic oxidation sites excluding steroid dienone is 2. The van der Waals surface area contributed by atoms with Crippen LogP contribution >= 0.6 is 0 Å². The van der Waals surface area contributed by atoms with E-state index < -0.39 is 17.3 Å². The van der Waals surface area contributed by atoms with E-state index in [1.165, 1.54) is 0 Å². The monoisotopic (exact) mass is 297 g/mol. The van der Waals surface area contributed by atoms with E-state index in [-0.39, 0.29) is 0 Å². The summed E-state index contributed by atoms with van der Waals surface area (Å²) in [7, 11) is 3.24. The molecule has 0 amide bonds. The highest BCUT2D eigenvalue weighted by molar-refractivity contribution is 5.44. The molecule has 0 aliphatic carbocycles. The molecule has 0 spiro atoms. The summed E-state index contributed by atoms with van der Waals surface area (Å²) in [6.07, 6.45) is -0.459. The van der Waals surface area contributed by atoms with Gasteiger partial charge >= 0.3 is 6.18 Å². The van der Waals surface area contributed by atoms with Crippen molar-refractivity contribution in [1.82, 2.24) is 4.90 Å². The van der Waals surface area contributed by atoms with Crippen LogP contribution in [0.25, 0.3) is 0 Å². The highest BCUT2D eigenvalue weighted by Gasteiger charge is 2.38. The summed E-state index contributed by atoms with van der Waals surface area (Å²) in [6.45, 7) is 3.82. The van der Waals surface area contributed by atoms with Gasteiger partial charge in [-0.25, -0.2) is 0 Å². The van der Waals surface area contributed by atoms with E-state index in [4.69, 9.17) is 4.74 Å². The van der Waals surface area contributed by atoms with Gasteiger partial charge in [-0.2, -0.15) is 13.2 Å². The largest absolute Gasteiger partial charge is 0.497 e. The number of rotatable bonds is 2. The molecule has 1 atom stereocenters. The van der Waals surface area contributed by atoms with Crippen LogP contribution in [0.15, 0.2) is 42.1 Å². The van der Waals surface area contributed by atoms with Crippen molar-refractivity contribution >= 4 is 0 Å². The van der Waals surface area contributed by atoms with E-state index in [9.17, 15) is 13.2 Å². The quantitative estimate of drug-likeness (QED) is 0.812. The first-order valence-corrected chi connectivity index (χ1v) is 6.55. The van der Waals surface area contributed by atoms with Gasteiger partial charge in [-0.15, -0.1) is 0 Å². The minimum absolute atomic E-state index is 0.620. The predicted molar refractivity (Wildman–Crippen MR) is 76.1 cm³/mol. The normalized spacial score (nSPS) is 22.2. The van der Waals surface area contributed by atoms with Crippen LogP contribution in [0.4, 0.5) is 13.2 Å². The average Bonchev–Trinajstić information content (AvgIpc) is 2.40. The molecule has 1 aromatic carbocycles. The Labute approximate surface area is 122 Å². The van der Waals surface area contributed by atoms with Gasteiger partial charge in [0.15, 0.2) is 0 Å². The van der Waals surface area contributed by atoms with Crippen LogP contribution in [-0.2, 0) is 5.54 Å². The highest BCUT2D eigenvalue weighted by Crippen LogP contribution is 2.39. The fourth-order valence-corrected chi connectivity index (χ4v) is 2.53. The number of methoxy groups -OCH3 is 1. The van der Waals surface area contributed by atoms with Gasteiger partial charge in [0, 0.05) is 13.2 Å². The molecule has 0 saturated heterocycles. The van der Waals surface area contributed by atoms with Crippen LogP contribution in [0.1, 0.15) is 18.1 Å². The number of hydrogen-bond acceptors (Lipinski definition) is 2. The second kappa shape index (κ2) is 5.13. The van der Waals surface area contributed by atoms with Gasteiger partial charge in [-0.3, -0.25) is 0 Å². The number of benzene rings is 1. The van der Waals surface area contributed by atoms with Gasteiger partial charge in [0.25, 0.3) is 0 Å². The summed E-state index contributed by atoms with van der Waals surface area (Å²) >= 11 is 0. The van der Waals surface area contributed by atoms with Crippen molar-refractivity contribution in [1.29, 1.82) is 0 Å². The number of alkyl halides is 3. The Kier molecular flexibility index (Phi) is 3.78. The maximum atomic E-state index is 12.8. The van der Waals surface area contributed by atoms with E-state index in [1.807, 2.05) is 32.0 Å². The third-order valence-corrected chi connectivity index (χ3v) is 3.96. The Hall–Kier alpha value is -1.91. The zero-order valence-corrected chi connectivity index (χ0v) is 12.5. The van der Waals surface area contributed by atoms with Crippen molar-refractivity contribution in [3.05, 3.63) is 53.3 Å².